The fraction of sp³-hybridized carbons (Fsp3) is 0.125. The third-order valence-corrected chi connectivity index (χ3v) is 3.03. The Balaban J connectivity index is 3.22. The van der Waals surface area contributed by atoms with Gasteiger partial charge in [0.25, 0.3) is 10.0 Å². The Morgan fingerprint density at radius 3 is 2.46 bits per heavy atom. The van der Waals surface area contributed by atoms with Crippen molar-refractivity contribution in [3.8, 4) is 0 Å². The van der Waals surface area contributed by atoms with E-state index in [9.17, 15) is 13.2 Å². The highest BCUT2D eigenvalue weighted by atomic mass is 32.2. The Morgan fingerprint density at radius 2 is 1.92 bits per heavy atom. The van der Waals surface area contributed by atoms with Gasteiger partial charge in [-0.3, -0.25) is 9.52 Å². The predicted molar refractivity (Wildman–Crippen MR) is 47.6 cm³/mol. The molecule has 70 valence electrons. The average molecular weight is 199 g/mol. The minimum Gasteiger partial charge on any atom is -0.278 e. The highest BCUT2D eigenvalue weighted by Gasteiger charge is 2.14. The molecule has 5 heteroatoms. The van der Waals surface area contributed by atoms with Gasteiger partial charge in [0.1, 0.15) is 0 Å². The molecule has 0 aliphatic carbocycles. The van der Waals surface area contributed by atoms with E-state index in [4.69, 9.17) is 0 Å². The molecule has 1 aromatic carbocycles. The molecule has 0 spiro atoms. The van der Waals surface area contributed by atoms with Crippen LogP contribution in [0.15, 0.2) is 29.2 Å². The Bertz CT molecular complexity index is 411. The van der Waals surface area contributed by atoms with Crippen molar-refractivity contribution in [3.63, 3.8) is 0 Å². The standard InChI is InChI=1S/C8H9NO3S/c1-7-4-2-3-5-8(7)13(11,12)9-6-10/h2-6H,1H3,(H,9,10). The van der Waals surface area contributed by atoms with E-state index < -0.39 is 10.0 Å². The van der Waals surface area contributed by atoms with Gasteiger partial charge in [0.05, 0.1) is 4.90 Å². The highest BCUT2D eigenvalue weighted by Crippen LogP contribution is 2.12. The largest absolute Gasteiger partial charge is 0.278 e. The number of rotatable bonds is 3. The van der Waals surface area contributed by atoms with E-state index in [1.807, 2.05) is 0 Å². The number of carbonyl (C=O) groups excluding carboxylic acids is 1. The Morgan fingerprint density at radius 1 is 1.31 bits per heavy atom. The van der Waals surface area contributed by atoms with Crippen LogP contribution in [0, 0.1) is 6.92 Å². The SMILES string of the molecule is Cc1ccccc1S(=O)(=O)NC=O. The molecule has 0 unspecified atom stereocenters. The van der Waals surface area contributed by atoms with Gasteiger partial charge in [-0.2, -0.15) is 0 Å². The van der Waals surface area contributed by atoms with Gasteiger partial charge < -0.3 is 0 Å². The summed E-state index contributed by atoms with van der Waals surface area (Å²) in [6.45, 7) is 1.67. The number of benzene rings is 1. The van der Waals surface area contributed by atoms with E-state index in [1.54, 1.807) is 29.8 Å². The molecular weight excluding hydrogens is 190 g/mol. The van der Waals surface area contributed by atoms with Crippen LogP contribution in [0.5, 0.6) is 0 Å². The molecule has 0 radical (unpaired) electrons. The van der Waals surface area contributed by atoms with Gasteiger partial charge in [-0.25, -0.2) is 8.42 Å². The molecule has 1 aromatic rings. The summed E-state index contributed by atoms with van der Waals surface area (Å²) in [5, 5.41) is 0. The van der Waals surface area contributed by atoms with Gasteiger partial charge in [0.15, 0.2) is 0 Å². The summed E-state index contributed by atoms with van der Waals surface area (Å²) in [7, 11) is -3.66. The molecule has 13 heavy (non-hydrogen) atoms. The van der Waals surface area contributed by atoms with E-state index in [2.05, 4.69) is 0 Å². The summed E-state index contributed by atoms with van der Waals surface area (Å²) in [4.78, 5) is 10.1. The van der Waals surface area contributed by atoms with E-state index in [1.165, 1.54) is 6.07 Å². The summed E-state index contributed by atoms with van der Waals surface area (Å²) in [6, 6.07) is 6.45. The first kappa shape index (κ1) is 9.73. The molecule has 0 aromatic heterocycles. The molecule has 0 fully saturated rings. The van der Waals surface area contributed by atoms with Crippen LogP contribution in [-0.2, 0) is 14.8 Å². The predicted octanol–water partition coefficient (Wildman–Crippen LogP) is 0.430. The first-order chi connectivity index (χ1) is 6.08. The van der Waals surface area contributed by atoms with Gasteiger partial charge in [0.2, 0.25) is 6.41 Å². The molecule has 4 nitrogen and oxygen atoms in total. The van der Waals surface area contributed by atoms with Crippen LogP contribution in [0.3, 0.4) is 0 Å². The molecule has 1 amide bonds. The third-order valence-electron chi connectivity index (χ3n) is 1.59. The Labute approximate surface area is 76.6 Å². The highest BCUT2D eigenvalue weighted by molar-refractivity contribution is 7.90. The molecule has 0 aliphatic heterocycles. The molecule has 0 heterocycles. The summed E-state index contributed by atoms with van der Waals surface area (Å²) in [6.07, 6.45) is 0.155. The second kappa shape index (κ2) is 3.57. The minimum absolute atomic E-state index is 0.127. The maximum absolute atomic E-state index is 11.3. The second-order valence-corrected chi connectivity index (χ2v) is 4.19. The van der Waals surface area contributed by atoms with Gasteiger partial charge in [-0.05, 0) is 18.6 Å². The van der Waals surface area contributed by atoms with Crippen molar-refractivity contribution in [1.29, 1.82) is 0 Å². The number of carbonyl (C=O) groups is 1. The Kier molecular flexibility index (Phi) is 2.67. The van der Waals surface area contributed by atoms with Crippen molar-refractivity contribution in [2.75, 3.05) is 0 Å². The van der Waals surface area contributed by atoms with Crippen LogP contribution < -0.4 is 4.72 Å². The minimum atomic E-state index is -3.66. The molecule has 1 rings (SSSR count). The zero-order chi connectivity index (χ0) is 9.90. The lowest BCUT2D eigenvalue weighted by Gasteiger charge is -2.04. The van der Waals surface area contributed by atoms with Crippen LogP contribution in [0.2, 0.25) is 0 Å². The third kappa shape index (κ3) is 2.06. The van der Waals surface area contributed by atoms with Crippen molar-refractivity contribution in [1.82, 2.24) is 4.72 Å². The Hall–Kier alpha value is -1.36. The molecular formula is C8H9NO3S. The topological polar surface area (TPSA) is 63.2 Å². The summed E-state index contributed by atoms with van der Waals surface area (Å²) >= 11 is 0. The first-order valence-corrected chi connectivity index (χ1v) is 5.08. The fourth-order valence-electron chi connectivity index (χ4n) is 0.985. The maximum Gasteiger partial charge on any atom is 0.264 e. The summed E-state index contributed by atoms with van der Waals surface area (Å²) in [5.74, 6) is 0. The zero-order valence-electron chi connectivity index (χ0n) is 7.02. The number of sulfonamides is 1. The lowest BCUT2D eigenvalue weighted by atomic mass is 10.2. The van der Waals surface area contributed by atoms with E-state index in [0.29, 0.717) is 5.56 Å². The van der Waals surface area contributed by atoms with E-state index >= 15 is 0 Å². The summed E-state index contributed by atoms with van der Waals surface area (Å²) in [5.41, 5.74) is 0.608. The number of amides is 1. The number of nitrogens with one attached hydrogen (secondary N) is 1. The molecule has 0 saturated heterocycles. The van der Waals surface area contributed by atoms with E-state index in [0.717, 1.165) is 0 Å². The van der Waals surface area contributed by atoms with Gasteiger partial charge in [-0.1, -0.05) is 18.2 Å². The van der Waals surface area contributed by atoms with Crippen LogP contribution in [-0.4, -0.2) is 14.8 Å². The van der Waals surface area contributed by atoms with Gasteiger partial charge in [-0.15, -0.1) is 0 Å². The molecule has 0 atom stereocenters. The van der Waals surface area contributed by atoms with Crippen LogP contribution in [0.25, 0.3) is 0 Å². The maximum atomic E-state index is 11.3. The van der Waals surface area contributed by atoms with Crippen LogP contribution >= 0.6 is 0 Å². The van der Waals surface area contributed by atoms with Crippen LogP contribution in [0.1, 0.15) is 5.56 Å². The number of aryl methyl sites for hydroxylation is 1. The smallest absolute Gasteiger partial charge is 0.264 e. The lowest BCUT2D eigenvalue weighted by molar-refractivity contribution is -0.108. The lowest BCUT2D eigenvalue weighted by Crippen LogP contribution is -2.22. The monoisotopic (exact) mass is 199 g/mol. The number of hydrogen-bond acceptors (Lipinski definition) is 3. The van der Waals surface area contributed by atoms with Crippen LogP contribution in [0.4, 0.5) is 0 Å². The molecule has 0 bridgehead atoms. The molecule has 1 N–H and O–H groups in total. The zero-order valence-corrected chi connectivity index (χ0v) is 7.84. The van der Waals surface area contributed by atoms with Crippen molar-refractivity contribution in [2.24, 2.45) is 0 Å². The quantitative estimate of drug-likeness (QED) is 0.718. The van der Waals surface area contributed by atoms with Crippen molar-refractivity contribution >= 4 is 16.4 Å². The second-order valence-electron chi connectivity index (χ2n) is 2.50. The number of hydrogen-bond donors (Lipinski definition) is 1. The average Bonchev–Trinajstić information content (AvgIpc) is 2.04. The first-order valence-electron chi connectivity index (χ1n) is 3.59. The van der Waals surface area contributed by atoms with E-state index in [-0.39, 0.29) is 11.3 Å². The van der Waals surface area contributed by atoms with Crippen molar-refractivity contribution in [3.05, 3.63) is 29.8 Å². The summed E-state index contributed by atoms with van der Waals surface area (Å²) < 4.78 is 24.4. The van der Waals surface area contributed by atoms with Crippen molar-refractivity contribution in [2.45, 2.75) is 11.8 Å². The molecule has 0 aliphatic rings. The molecule has 0 saturated carbocycles. The van der Waals surface area contributed by atoms with Gasteiger partial charge in [0, 0.05) is 0 Å². The van der Waals surface area contributed by atoms with Gasteiger partial charge >= 0.3 is 0 Å². The normalized spacial score (nSPS) is 10.8. The van der Waals surface area contributed by atoms with Crippen molar-refractivity contribution < 1.29 is 13.2 Å². The fourth-order valence-corrected chi connectivity index (χ4v) is 1.99.